The highest BCUT2D eigenvalue weighted by molar-refractivity contribution is 9.10. The molecule has 2 rings (SSSR count). The first-order valence-electron chi connectivity index (χ1n) is 5.41. The second-order valence-electron chi connectivity index (χ2n) is 3.91. The van der Waals surface area contributed by atoms with E-state index < -0.39 is 17.4 Å². The number of Topliss-reactive ketones (excluding diaryl/α,β-unsaturated/α-hetero) is 1. The predicted octanol–water partition coefficient (Wildman–Crippen LogP) is 4.81. The Balaban J connectivity index is 2.31. The van der Waals surface area contributed by atoms with Crippen LogP contribution in [0, 0.1) is 11.6 Å². The largest absolute Gasteiger partial charge is 0.294 e. The van der Waals surface area contributed by atoms with Crippen LogP contribution in [0.5, 0.6) is 0 Å². The molecule has 0 saturated heterocycles. The molecule has 0 bridgehead atoms. The topological polar surface area (TPSA) is 17.1 Å². The molecule has 0 saturated carbocycles. The van der Waals surface area contributed by atoms with Crippen molar-refractivity contribution in [3.63, 3.8) is 0 Å². The van der Waals surface area contributed by atoms with Crippen molar-refractivity contribution in [3.8, 4) is 0 Å². The molecule has 0 atom stereocenters. The molecule has 0 heterocycles. The lowest BCUT2D eigenvalue weighted by atomic mass is 10.0. The molecular weight excluding hydrogens is 338 g/mol. The fourth-order valence-electron chi connectivity index (χ4n) is 1.67. The Morgan fingerprint density at radius 3 is 2.58 bits per heavy atom. The molecule has 0 radical (unpaired) electrons. The van der Waals surface area contributed by atoms with Crippen molar-refractivity contribution in [2.75, 3.05) is 0 Å². The van der Waals surface area contributed by atoms with Crippen molar-refractivity contribution in [1.82, 2.24) is 0 Å². The molecule has 0 unspecified atom stereocenters. The molecule has 0 aromatic heterocycles. The first kappa shape index (κ1) is 14.2. The van der Waals surface area contributed by atoms with Crippen LogP contribution in [-0.4, -0.2) is 5.78 Å². The van der Waals surface area contributed by atoms with Gasteiger partial charge in [-0.05, 0) is 39.7 Å². The van der Waals surface area contributed by atoms with Crippen LogP contribution in [0.3, 0.4) is 0 Å². The number of halogens is 4. The van der Waals surface area contributed by atoms with Crippen LogP contribution in [0.1, 0.15) is 15.9 Å². The van der Waals surface area contributed by atoms with Gasteiger partial charge in [-0.2, -0.15) is 0 Å². The molecule has 2 aromatic carbocycles. The number of rotatable bonds is 3. The van der Waals surface area contributed by atoms with E-state index in [2.05, 4.69) is 15.9 Å². The first-order chi connectivity index (χ1) is 9.00. The Morgan fingerprint density at radius 1 is 1.16 bits per heavy atom. The zero-order valence-electron chi connectivity index (χ0n) is 9.59. The average Bonchev–Trinajstić information content (AvgIpc) is 2.38. The van der Waals surface area contributed by atoms with Gasteiger partial charge < -0.3 is 0 Å². The van der Waals surface area contributed by atoms with E-state index >= 15 is 0 Å². The van der Waals surface area contributed by atoms with Gasteiger partial charge in [-0.1, -0.05) is 29.8 Å². The van der Waals surface area contributed by atoms with Crippen molar-refractivity contribution in [2.45, 2.75) is 6.42 Å². The van der Waals surface area contributed by atoms with Gasteiger partial charge in [0.2, 0.25) is 0 Å². The van der Waals surface area contributed by atoms with Gasteiger partial charge in [-0.3, -0.25) is 4.79 Å². The highest BCUT2D eigenvalue weighted by Crippen LogP contribution is 2.24. The fourth-order valence-corrected chi connectivity index (χ4v) is 2.25. The van der Waals surface area contributed by atoms with E-state index in [1.807, 2.05) is 0 Å². The maximum Gasteiger partial charge on any atom is 0.170 e. The van der Waals surface area contributed by atoms with Gasteiger partial charge in [0.05, 0.1) is 15.1 Å². The van der Waals surface area contributed by atoms with Crippen LogP contribution in [0.2, 0.25) is 5.02 Å². The van der Waals surface area contributed by atoms with Crippen molar-refractivity contribution in [1.29, 1.82) is 0 Å². The smallest absolute Gasteiger partial charge is 0.170 e. The number of hydrogen-bond donors (Lipinski definition) is 0. The molecule has 0 amide bonds. The molecule has 2 aromatic rings. The Morgan fingerprint density at radius 2 is 1.84 bits per heavy atom. The van der Waals surface area contributed by atoms with Gasteiger partial charge in [-0.15, -0.1) is 0 Å². The highest BCUT2D eigenvalue weighted by Gasteiger charge is 2.16. The minimum Gasteiger partial charge on any atom is -0.294 e. The Hall–Kier alpha value is -1.26. The van der Waals surface area contributed by atoms with Gasteiger partial charge >= 0.3 is 0 Å². The quantitative estimate of drug-likeness (QED) is 0.730. The maximum absolute atomic E-state index is 13.7. The lowest BCUT2D eigenvalue weighted by Crippen LogP contribution is -2.07. The summed E-state index contributed by atoms with van der Waals surface area (Å²) >= 11 is 8.69. The SMILES string of the molecule is O=C(Cc1cccc(F)c1Br)c1cccc(Cl)c1F. The number of ketones is 1. The summed E-state index contributed by atoms with van der Waals surface area (Å²) in [5.41, 5.74) is 0.369. The summed E-state index contributed by atoms with van der Waals surface area (Å²) in [7, 11) is 0. The summed E-state index contributed by atoms with van der Waals surface area (Å²) in [5.74, 6) is -1.66. The van der Waals surface area contributed by atoms with E-state index in [0.29, 0.717) is 5.56 Å². The third kappa shape index (κ3) is 3.01. The van der Waals surface area contributed by atoms with E-state index in [1.54, 1.807) is 6.07 Å². The Labute approximate surface area is 122 Å². The number of hydrogen-bond acceptors (Lipinski definition) is 1. The summed E-state index contributed by atoms with van der Waals surface area (Å²) in [5, 5.41) is -0.107. The normalized spacial score (nSPS) is 10.5. The Kier molecular flexibility index (Phi) is 4.32. The number of carbonyl (C=O) groups is 1. The lowest BCUT2D eigenvalue weighted by Gasteiger charge is -2.06. The minimum absolute atomic E-state index is 0.0938. The second-order valence-corrected chi connectivity index (χ2v) is 5.11. The minimum atomic E-state index is -0.748. The lowest BCUT2D eigenvalue weighted by molar-refractivity contribution is 0.0989. The van der Waals surface area contributed by atoms with E-state index in [-0.39, 0.29) is 21.5 Å². The van der Waals surface area contributed by atoms with Gasteiger partial charge in [0.25, 0.3) is 0 Å². The third-order valence-corrected chi connectivity index (χ3v) is 3.81. The van der Waals surface area contributed by atoms with E-state index in [0.717, 1.165) is 0 Å². The summed E-state index contributed by atoms with van der Waals surface area (Å²) in [4.78, 5) is 12.0. The maximum atomic E-state index is 13.7. The van der Waals surface area contributed by atoms with Crippen LogP contribution < -0.4 is 0 Å². The molecular formula is C14H8BrClF2O. The molecule has 0 fully saturated rings. The van der Waals surface area contributed by atoms with Crippen molar-refractivity contribution < 1.29 is 13.6 Å². The van der Waals surface area contributed by atoms with E-state index in [1.165, 1.54) is 30.3 Å². The van der Waals surface area contributed by atoms with Gasteiger partial charge in [-0.25, -0.2) is 8.78 Å². The zero-order valence-corrected chi connectivity index (χ0v) is 11.9. The van der Waals surface area contributed by atoms with Crippen LogP contribution in [0.25, 0.3) is 0 Å². The summed E-state index contributed by atoms with van der Waals surface area (Å²) < 4.78 is 27.2. The summed E-state index contributed by atoms with van der Waals surface area (Å²) in [6.07, 6.45) is -0.102. The third-order valence-electron chi connectivity index (χ3n) is 2.63. The summed E-state index contributed by atoms with van der Waals surface area (Å²) in [6, 6.07) is 8.60. The van der Waals surface area contributed by atoms with Crippen molar-refractivity contribution >= 4 is 33.3 Å². The molecule has 0 aliphatic rings. The number of benzene rings is 2. The predicted molar refractivity (Wildman–Crippen MR) is 73.5 cm³/mol. The van der Waals surface area contributed by atoms with E-state index in [4.69, 9.17) is 11.6 Å². The van der Waals surface area contributed by atoms with E-state index in [9.17, 15) is 13.6 Å². The monoisotopic (exact) mass is 344 g/mol. The molecule has 0 spiro atoms. The number of carbonyl (C=O) groups excluding carboxylic acids is 1. The van der Waals surface area contributed by atoms with Gasteiger partial charge in [0, 0.05) is 6.42 Å². The molecule has 0 N–H and O–H groups in total. The summed E-state index contributed by atoms with van der Waals surface area (Å²) in [6.45, 7) is 0. The van der Waals surface area contributed by atoms with Crippen molar-refractivity contribution in [2.24, 2.45) is 0 Å². The Bertz CT molecular complexity index is 643. The van der Waals surface area contributed by atoms with Gasteiger partial charge in [0.15, 0.2) is 11.6 Å². The van der Waals surface area contributed by atoms with Crippen LogP contribution in [0.15, 0.2) is 40.9 Å². The molecule has 98 valence electrons. The molecule has 0 aliphatic carbocycles. The fraction of sp³-hybridized carbons (Fsp3) is 0.0714. The molecule has 5 heteroatoms. The van der Waals surface area contributed by atoms with Crippen molar-refractivity contribution in [3.05, 3.63) is 68.7 Å². The zero-order chi connectivity index (χ0) is 14.0. The standard InChI is InChI=1S/C14H8BrClF2O/c15-13-8(3-1-6-11(13)17)7-12(19)9-4-2-5-10(16)14(9)18/h1-6H,7H2. The van der Waals surface area contributed by atoms with Crippen LogP contribution >= 0.6 is 27.5 Å². The second kappa shape index (κ2) is 5.80. The molecule has 1 nitrogen and oxygen atoms in total. The van der Waals surface area contributed by atoms with Crippen LogP contribution in [-0.2, 0) is 6.42 Å². The molecule has 19 heavy (non-hydrogen) atoms. The first-order valence-corrected chi connectivity index (χ1v) is 6.58. The van der Waals surface area contributed by atoms with Crippen LogP contribution in [0.4, 0.5) is 8.78 Å². The molecule has 0 aliphatic heterocycles. The average molecular weight is 346 g/mol. The highest BCUT2D eigenvalue weighted by atomic mass is 79.9. The van der Waals surface area contributed by atoms with Gasteiger partial charge in [0.1, 0.15) is 5.82 Å².